The summed E-state index contributed by atoms with van der Waals surface area (Å²) in [7, 11) is 1.19. The molecule has 0 aliphatic rings. The standard InChI is InChI=1S/C19H15NO5/c1-23-19(22)15(12-20)10-14-6-5-9-17(11-14)25-18(21)13-24-16-7-3-2-4-8-16/h2-11H,13H2,1H3/b15-10+. The number of carbonyl (C=O) groups excluding carboxylic acids is 2. The smallest absolute Gasteiger partial charge is 0.349 e. The largest absolute Gasteiger partial charge is 0.482 e. The third kappa shape index (κ3) is 5.52. The highest BCUT2D eigenvalue weighted by molar-refractivity contribution is 5.97. The number of nitrogens with zero attached hydrogens (tertiary/aromatic N) is 1. The van der Waals surface area contributed by atoms with Gasteiger partial charge in [0.05, 0.1) is 7.11 Å². The van der Waals surface area contributed by atoms with Gasteiger partial charge in [0.1, 0.15) is 23.1 Å². The quantitative estimate of drug-likeness (QED) is 0.349. The molecule has 0 radical (unpaired) electrons. The molecule has 0 amide bonds. The number of hydrogen-bond acceptors (Lipinski definition) is 6. The number of benzene rings is 2. The highest BCUT2D eigenvalue weighted by Gasteiger charge is 2.10. The molecular formula is C19H15NO5. The first-order valence-corrected chi connectivity index (χ1v) is 7.31. The van der Waals surface area contributed by atoms with Crippen LogP contribution in [0.25, 0.3) is 6.08 Å². The van der Waals surface area contributed by atoms with E-state index in [4.69, 9.17) is 14.7 Å². The SMILES string of the molecule is COC(=O)/C(C#N)=C/c1cccc(OC(=O)COc2ccccc2)c1. The summed E-state index contributed by atoms with van der Waals surface area (Å²) in [5.74, 6) is -0.468. The van der Waals surface area contributed by atoms with Gasteiger partial charge in [0, 0.05) is 0 Å². The summed E-state index contributed by atoms with van der Waals surface area (Å²) in [6, 6.07) is 17.1. The Bertz CT molecular complexity index is 821. The van der Waals surface area contributed by atoms with Gasteiger partial charge in [-0.25, -0.2) is 9.59 Å². The third-order valence-corrected chi connectivity index (χ3v) is 3.03. The zero-order valence-electron chi connectivity index (χ0n) is 13.5. The maximum atomic E-state index is 11.8. The van der Waals surface area contributed by atoms with Gasteiger partial charge in [-0.15, -0.1) is 0 Å². The fourth-order valence-electron chi connectivity index (χ4n) is 1.90. The van der Waals surface area contributed by atoms with E-state index in [2.05, 4.69) is 4.74 Å². The zero-order chi connectivity index (χ0) is 18.1. The molecule has 6 heteroatoms. The third-order valence-electron chi connectivity index (χ3n) is 3.03. The van der Waals surface area contributed by atoms with Crippen molar-refractivity contribution < 1.29 is 23.8 Å². The highest BCUT2D eigenvalue weighted by atomic mass is 16.6. The van der Waals surface area contributed by atoms with Crippen molar-refractivity contribution in [1.82, 2.24) is 0 Å². The van der Waals surface area contributed by atoms with Crippen molar-refractivity contribution in [2.24, 2.45) is 0 Å². The molecule has 0 heterocycles. The number of carbonyl (C=O) groups is 2. The molecule has 0 aliphatic heterocycles. The summed E-state index contributed by atoms with van der Waals surface area (Å²) in [6.07, 6.45) is 1.35. The molecule has 0 aromatic heterocycles. The van der Waals surface area contributed by atoms with E-state index in [0.29, 0.717) is 11.3 Å². The minimum Gasteiger partial charge on any atom is -0.482 e. The molecule has 0 saturated carbocycles. The number of nitriles is 1. The average Bonchev–Trinajstić information content (AvgIpc) is 2.65. The molecule has 0 saturated heterocycles. The Labute approximate surface area is 144 Å². The molecule has 126 valence electrons. The van der Waals surface area contributed by atoms with Crippen LogP contribution >= 0.6 is 0 Å². The van der Waals surface area contributed by atoms with Crippen LogP contribution in [0.2, 0.25) is 0 Å². The van der Waals surface area contributed by atoms with Crippen LogP contribution in [0.15, 0.2) is 60.2 Å². The highest BCUT2D eigenvalue weighted by Crippen LogP contribution is 2.17. The van der Waals surface area contributed by atoms with Crippen molar-refractivity contribution in [3.05, 3.63) is 65.7 Å². The van der Waals surface area contributed by atoms with Crippen LogP contribution in [-0.4, -0.2) is 25.7 Å². The van der Waals surface area contributed by atoms with Gasteiger partial charge in [-0.05, 0) is 35.9 Å². The molecular weight excluding hydrogens is 322 g/mol. The second kappa shape index (κ2) is 8.89. The van der Waals surface area contributed by atoms with E-state index in [1.807, 2.05) is 6.07 Å². The Morgan fingerprint density at radius 1 is 1.08 bits per heavy atom. The second-order valence-electron chi connectivity index (χ2n) is 4.81. The molecule has 2 rings (SSSR count). The molecule has 0 aliphatic carbocycles. The summed E-state index contributed by atoms with van der Waals surface area (Å²) < 4.78 is 15.0. The lowest BCUT2D eigenvalue weighted by Crippen LogP contribution is -2.17. The van der Waals surface area contributed by atoms with Crippen molar-refractivity contribution >= 4 is 18.0 Å². The monoisotopic (exact) mass is 337 g/mol. The number of rotatable bonds is 6. The first-order chi connectivity index (χ1) is 12.1. The van der Waals surface area contributed by atoms with E-state index < -0.39 is 11.9 Å². The Morgan fingerprint density at radius 2 is 1.80 bits per heavy atom. The van der Waals surface area contributed by atoms with Crippen molar-refractivity contribution in [3.8, 4) is 17.6 Å². The molecule has 0 N–H and O–H groups in total. The van der Waals surface area contributed by atoms with Crippen LogP contribution in [0.1, 0.15) is 5.56 Å². The minimum atomic E-state index is -0.735. The topological polar surface area (TPSA) is 85.6 Å². The summed E-state index contributed by atoms with van der Waals surface area (Å²) in [5, 5.41) is 8.96. The molecule has 25 heavy (non-hydrogen) atoms. The van der Waals surface area contributed by atoms with Gasteiger partial charge >= 0.3 is 11.9 Å². The lowest BCUT2D eigenvalue weighted by Gasteiger charge is -2.07. The lowest BCUT2D eigenvalue weighted by molar-refractivity contribution is -0.137. The van der Waals surface area contributed by atoms with E-state index in [1.54, 1.807) is 48.5 Å². The Kier molecular flexibility index (Phi) is 6.32. The van der Waals surface area contributed by atoms with Crippen LogP contribution in [-0.2, 0) is 14.3 Å². The number of hydrogen-bond donors (Lipinski definition) is 0. The van der Waals surface area contributed by atoms with Crippen molar-refractivity contribution in [2.75, 3.05) is 13.7 Å². The predicted octanol–water partition coefficient (Wildman–Crippen LogP) is 2.75. The van der Waals surface area contributed by atoms with Gasteiger partial charge < -0.3 is 14.2 Å². The van der Waals surface area contributed by atoms with Gasteiger partial charge in [0.15, 0.2) is 6.61 Å². The van der Waals surface area contributed by atoms with Gasteiger partial charge in [-0.1, -0.05) is 30.3 Å². The summed E-state index contributed by atoms with van der Waals surface area (Å²) in [6.45, 7) is -0.240. The predicted molar refractivity (Wildman–Crippen MR) is 89.6 cm³/mol. The number of methoxy groups -OCH3 is 1. The molecule has 0 unspecified atom stereocenters. The average molecular weight is 337 g/mol. The normalized spacial score (nSPS) is 10.5. The first kappa shape index (κ1) is 17.8. The minimum absolute atomic E-state index is 0.154. The summed E-state index contributed by atoms with van der Waals surface area (Å²) in [4.78, 5) is 23.3. The molecule has 2 aromatic carbocycles. The van der Waals surface area contributed by atoms with E-state index in [0.717, 1.165) is 0 Å². The Hall–Kier alpha value is -3.59. The van der Waals surface area contributed by atoms with E-state index in [1.165, 1.54) is 19.3 Å². The van der Waals surface area contributed by atoms with Gasteiger partial charge in [-0.2, -0.15) is 5.26 Å². The summed E-state index contributed by atoms with van der Waals surface area (Å²) >= 11 is 0. The maximum absolute atomic E-state index is 11.8. The zero-order valence-corrected chi connectivity index (χ0v) is 13.5. The summed E-state index contributed by atoms with van der Waals surface area (Å²) in [5.41, 5.74) is 0.370. The molecule has 6 nitrogen and oxygen atoms in total. The maximum Gasteiger partial charge on any atom is 0.349 e. The van der Waals surface area contributed by atoms with Crippen LogP contribution < -0.4 is 9.47 Å². The number of para-hydroxylation sites is 1. The van der Waals surface area contributed by atoms with Crippen molar-refractivity contribution in [2.45, 2.75) is 0 Å². The molecule has 0 spiro atoms. The van der Waals surface area contributed by atoms with Crippen LogP contribution in [0.3, 0.4) is 0 Å². The second-order valence-corrected chi connectivity index (χ2v) is 4.81. The Morgan fingerprint density at radius 3 is 2.48 bits per heavy atom. The van der Waals surface area contributed by atoms with Crippen LogP contribution in [0, 0.1) is 11.3 Å². The lowest BCUT2D eigenvalue weighted by atomic mass is 10.1. The first-order valence-electron chi connectivity index (χ1n) is 7.31. The van der Waals surface area contributed by atoms with Crippen LogP contribution in [0.4, 0.5) is 0 Å². The van der Waals surface area contributed by atoms with Crippen molar-refractivity contribution in [3.63, 3.8) is 0 Å². The fraction of sp³-hybridized carbons (Fsp3) is 0.105. The van der Waals surface area contributed by atoms with E-state index in [9.17, 15) is 9.59 Å². The van der Waals surface area contributed by atoms with Crippen LogP contribution in [0.5, 0.6) is 11.5 Å². The number of esters is 2. The fourth-order valence-corrected chi connectivity index (χ4v) is 1.90. The van der Waals surface area contributed by atoms with Gasteiger partial charge in [-0.3, -0.25) is 0 Å². The van der Waals surface area contributed by atoms with Crippen molar-refractivity contribution in [1.29, 1.82) is 5.26 Å². The molecule has 2 aromatic rings. The molecule has 0 bridgehead atoms. The Balaban J connectivity index is 2.01. The molecule has 0 atom stereocenters. The van der Waals surface area contributed by atoms with E-state index >= 15 is 0 Å². The van der Waals surface area contributed by atoms with Gasteiger partial charge in [0.25, 0.3) is 0 Å². The van der Waals surface area contributed by atoms with E-state index in [-0.39, 0.29) is 17.9 Å². The molecule has 0 fully saturated rings. The number of ether oxygens (including phenoxy) is 3. The van der Waals surface area contributed by atoms with Gasteiger partial charge in [0.2, 0.25) is 0 Å².